The first-order chi connectivity index (χ1) is 23.0. The number of fused-ring (bicyclic) bond motifs is 2. The molecular formula is C44H36Cl2S2Zr-2. The molecule has 0 spiro atoms. The Bertz CT molecular complexity index is 2080. The van der Waals surface area contributed by atoms with Crippen LogP contribution in [0.15, 0.2) is 144 Å². The molecule has 2 aromatic heterocycles. The number of halogens is 2. The van der Waals surface area contributed by atoms with Gasteiger partial charge in [0.25, 0.3) is 0 Å². The molecule has 0 N–H and O–H groups in total. The topological polar surface area (TPSA) is 0 Å². The molecular weight excluding hydrogens is 755 g/mol. The minimum atomic E-state index is 0. The van der Waals surface area contributed by atoms with Gasteiger partial charge in [0, 0.05) is 0 Å². The van der Waals surface area contributed by atoms with Crippen LogP contribution >= 0.6 is 22.7 Å². The third-order valence-corrected chi connectivity index (χ3v) is 12.0. The van der Waals surface area contributed by atoms with E-state index in [0.717, 1.165) is 0 Å². The third kappa shape index (κ3) is 8.42. The van der Waals surface area contributed by atoms with Gasteiger partial charge in [0.15, 0.2) is 0 Å². The van der Waals surface area contributed by atoms with Gasteiger partial charge in [0.2, 0.25) is 0 Å². The zero-order valence-corrected chi connectivity index (χ0v) is 33.2. The van der Waals surface area contributed by atoms with Crippen LogP contribution in [0.5, 0.6) is 0 Å². The summed E-state index contributed by atoms with van der Waals surface area (Å²) in [5.41, 5.74) is 10.6. The van der Waals surface area contributed by atoms with Gasteiger partial charge in [-0.05, 0) is 56.6 Å². The first kappa shape index (κ1) is 37.1. The molecule has 0 saturated heterocycles. The van der Waals surface area contributed by atoms with E-state index in [4.69, 9.17) is 0 Å². The van der Waals surface area contributed by atoms with Crippen molar-refractivity contribution in [1.29, 1.82) is 0 Å². The van der Waals surface area contributed by atoms with Crippen LogP contribution < -0.4 is 24.8 Å². The Morgan fingerprint density at radius 1 is 0.531 bits per heavy atom. The molecule has 2 heterocycles. The fourth-order valence-electron chi connectivity index (χ4n) is 6.28. The van der Waals surface area contributed by atoms with Gasteiger partial charge in [-0.1, -0.05) is 108 Å². The monoisotopic (exact) mass is 788 g/mol. The molecule has 8 aromatic rings. The Morgan fingerprint density at radius 3 is 1.27 bits per heavy atom. The zero-order valence-electron chi connectivity index (χ0n) is 27.6. The van der Waals surface area contributed by atoms with Crippen molar-refractivity contribution >= 4 is 47.4 Å². The first-order valence-electron chi connectivity index (χ1n) is 16.2. The Morgan fingerprint density at radius 2 is 0.939 bits per heavy atom. The van der Waals surface area contributed by atoms with Crippen LogP contribution in [0.4, 0.5) is 0 Å². The fraction of sp³-hybridized carbons (Fsp3) is 0.114. The van der Waals surface area contributed by atoms with Crippen LogP contribution in [-0.2, 0) is 24.2 Å². The van der Waals surface area contributed by atoms with Gasteiger partial charge in [-0.3, -0.25) is 0 Å². The van der Waals surface area contributed by atoms with Gasteiger partial charge in [0.05, 0.1) is 0 Å². The maximum atomic E-state index is 2.33. The van der Waals surface area contributed by atoms with Crippen LogP contribution in [0.3, 0.4) is 0 Å². The fourth-order valence-corrected chi connectivity index (χ4v) is 8.58. The average molecular weight is 791 g/mol. The summed E-state index contributed by atoms with van der Waals surface area (Å²) in [6, 6.07) is 48.1. The average Bonchev–Trinajstić information content (AvgIpc) is 3.92. The second kappa shape index (κ2) is 17.2. The number of hydrogen-bond donors (Lipinski definition) is 0. The molecule has 1 aliphatic rings. The summed E-state index contributed by atoms with van der Waals surface area (Å²) in [5, 5.41) is 9.62. The van der Waals surface area contributed by atoms with Crippen molar-refractivity contribution in [1.82, 2.24) is 0 Å². The SMILES string of the molecule is Cc1ccc2[cH-]c(-c3cccs3)cc2c1-c1ccccc1.Cc1ccc2[cH-]c(-c3cccs3)cc2c1-c1ccccc1.[Cl-].[Cl-].[Zr+2]=[C]1CCC1. The molecule has 1 saturated carbocycles. The Labute approximate surface area is 325 Å². The van der Waals surface area contributed by atoms with E-state index in [9.17, 15) is 0 Å². The summed E-state index contributed by atoms with van der Waals surface area (Å²) in [6.07, 6.45) is 4.36. The molecule has 1 fully saturated rings. The predicted molar refractivity (Wildman–Crippen MR) is 205 cm³/mol. The normalized spacial score (nSPS) is 11.8. The van der Waals surface area contributed by atoms with Crippen molar-refractivity contribution in [3.05, 3.63) is 155 Å². The van der Waals surface area contributed by atoms with Gasteiger partial charge in [-0.25, -0.2) is 0 Å². The van der Waals surface area contributed by atoms with E-state index >= 15 is 0 Å². The maximum absolute atomic E-state index is 2.33. The van der Waals surface area contributed by atoms with Gasteiger partial charge >= 0.3 is 46.7 Å². The molecule has 0 bridgehead atoms. The summed E-state index contributed by atoms with van der Waals surface area (Å²) in [5.74, 6) is 0. The van der Waals surface area contributed by atoms with Crippen molar-refractivity contribution in [2.75, 3.05) is 0 Å². The minimum absolute atomic E-state index is 0. The molecule has 244 valence electrons. The first-order valence-corrected chi connectivity index (χ1v) is 19.2. The molecule has 0 nitrogen and oxygen atoms in total. The summed E-state index contributed by atoms with van der Waals surface area (Å²) < 4.78 is 1.78. The molecule has 0 atom stereocenters. The Hall–Kier alpha value is -3.17. The van der Waals surface area contributed by atoms with E-state index in [2.05, 4.69) is 158 Å². The molecule has 9 rings (SSSR count). The van der Waals surface area contributed by atoms with E-state index < -0.39 is 0 Å². The number of rotatable bonds is 4. The summed E-state index contributed by atoms with van der Waals surface area (Å²) in [6.45, 7) is 4.39. The van der Waals surface area contributed by atoms with Crippen LogP contribution in [0.2, 0.25) is 0 Å². The quantitative estimate of drug-likeness (QED) is 0.163. The third-order valence-electron chi connectivity index (χ3n) is 8.89. The van der Waals surface area contributed by atoms with Crippen LogP contribution in [0.1, 0.15) is 30.4 Å². The molecule has 6 aromatic carbocycles. The van der Waals surface area contributed by atoms with Crippen LogP contribution in [0, 0.1) is 13.8 Å². The predicted octanol–water partition coefficient (Wildman–Crippen LogP) is 7.42. The van der Waals surface area contributed by atoms with E-state index in [0.29, 0.717) is 0 Å². The van der Waals surface area contributed by atoms with E-state index in [1.54, 1.807) is 50.1 Å². The molecule has 0 unspecified atom stereocenters. The van der Waals surface area contributed by atoms with Gasteiger partial charge < -0.3 is 24.8 Å². The summed E-state index contributed by atoms with van der Waals surface area (Å²) in [4.78, 5) is 2.67. The van der Waals surface area contributed by atoms with Crippen molar-refractivity contribution in [3.63, 3.8) is 0 Å². The Kier molecular flexibility index (Phi) is 13.0. The molecule has 1 aliphatic carbocycles. The van der Waals surface area contributed by atoms with Gasteiger partial charge in [-0.15, -0.1) is 69.1 Å². The van der Waals surface area contributed by atoms with Gasteiger partial charge in [-0.2, -0.15) is 22.7 Å². The van der Waals surface area contributed by atoms with Crippen molar-refractivity contribution < 1.29 is 49.0 Å². The Balaban J connectivity index is 0.000000161. The van der Waals surface area contributed by atoms with Crippen LogP contribution in [0.25, 0.3) is 64.7 Å². The molecule has 0 aliphatic heterocycles. The summed E-state index contributed by atoms with van der Waals surface area (Å²) in [7, 11) is 0. The zero-order chi connectivity index (χ0) is 32.2. The standard InChI is InChI=1S/2C20H15S.C4H6.2ClH.Zr/c2*1-14-9-10-16-12-17(19-8-5-11-21-19)13-18(16)20(14)15-6-3-2-4-7-15;1-2-4-3-1;;;/h2*2-13H,1H3;1-3H2;2*1H;/q2*-1;;;;+2/p-2. The number of benzene rings is 4. The van der Waals surface area contributed by atoms with Gasteiger partial charge in [0.1, 0.15) is 0 Å². The van der Waals surface area contributed by atoms with Crippen molar-refractivity contribution in [2.45, 2.75) is 33.1 Å². The van der Waals surface area contributed by atoms with E-state index in [1.165, 1.54) is 95.1 Å². The number of aryl methyl sites for hydroxylation is 2. The summed E-state index contributed by atoms with van der Waals surface area (Å²) >= 11 is 5.27. The van der Waals surface area contributed by atoms with Crippen molar-refractivity contribution in [3.8, 4) is 43.1 Å². The molecule has 0 radical (unpaired) electrons. The van der Waals surface area contributed by atoms with Crippen LogP contribution in [-0.4, -0.2) is 3.21 Å². The second-order valence-corrected chi connectivity index (χ2v) is 15.8. The molecule has 49 heavy (non-hydrogen) atoms. The van der Waals surface area contributed by atoms with Crippen molar-refractivity contribution in [2.24, 2.45) is 0 Å². The number of hydrogen-bond acceptors (Lipinski definition) is 2. The second-order valence-electron chi connectivity index (χ2n) is 12.2. The molecule has 0 amide bonds. The number of thiophene rings is 2. The molecule has 5 heteroatoms. The van der Waals surface area contributed by atoms with E-state index in [-0.39, 0.29) is 24.8 Å². The van der Waals surface area contributed by atoms with E-state index in [1.807, 2.05) is 0 Å².